The molecule has 3 heterocycles. The van der Waals surface area contributed by atoms with E-state index in [-0.39, 0.29) is 17.6 Å². The second-order valence-corrected chi connectivity index (χ2v) is 6.67. The van der Waals surface area contributed by atoms with Crippen molar-refractivity contribution in [1.82, 2.24) is 19.9 Å². The molecule has 1 unspecified atom stereocenters. The summed E-state index contributed by atoms with van der Waals surface area (Å²) in [4.78, 5) is 27.3. The van der Waals surface area contributed by atoms with Gasteiger partial charge in [-0.05, 0) is 37.1 Å². The number of halogens is 1. The standard InChI is InChI=1S/C21H19FN4O2/c22-17-4-1-5-18(11-17)28-20-13-24-12-19(25-20)16-3-2-10-26(14-16)21(27)15-6-8-23-9-7-15/h1,4-9,11-13,16H,2-3,10,14H2. The number of hydrogen-bond acceptors (Lipinski definition) is 5. The highest BCUT2D eigenvalue weighted by atomic mass is 19.1. The molecule has 0 spiro atoms. The molecule has 4 rings (SSSR count). The molecule has 0 bridgehead atoms. The Morgan fingerprint density at radius 2 is 2.00 bits per heavy atom. The molecule has 6 nitrogen and oxygen atoms in total. The second kappa shape index (κ2) is 8.12. The molecule has 1 amide bonds. The summed E-state index contributed by atoms with van der Waals surface area (Å²) in [7, 11) is 0. The Morgan fingerprint density at radius 3 is 2.82 bits per heavy atom. The van der Waals surface area contributed by atoms with Crippen molar-refractivity contribution in [2.45, 2.75) is 18.8 Å². The molecule has 28 heavy (non-hydrogen) atoms. The lowest BCUT2D eigenvalue weighted by Gasteiger charge is -2.32. The average Bonchev–Trinajstić information content (AvgIpc) is 2.74. The smallest absolute Gasteiger partial charge is 0.253 e. The molecule has 0 N–H and O–H groups in total. The van der Waals surface area contributed by atoms with Crippen LogP contribution >= 0.6 is 0 Å². The summed E-state index contributed by atoms with van der Waals surface area (Å²) in [5.74, 6) is 0.361. The van der Waals surface area contributed by atoms with Gasteiger partial charge >= 0.3 is 0 Å². The van der Waals surface area contributed by atoms with Gasteiger partial charge in [-0.2, -0.15) is 0 Å². The maximum atomic E-state index is 13.3. The Balaban J connectivity index is 1.48. The molecule has 142 valence electrons. The minimum atomic E-state index is -0.376. The van der Waals surface area contributed by atoms with Gasteiger partial charge in [0.25, 0.3) is 5.91 Å². The van der Waals surface area contributed by atoms with E-state index in [1.807, 2.05) is 4.90 Å². The van der Waals surface area contributed by atoms with Crippen LogP contribution in [-0.4, -0.2) is 38.8 Å². The van der Waals surface area contributed by atoms with Gasteiger partial charge in [-0.25, -0.2) is 9.37 Å². The Morgan fingerprint density at radius 1 is 1.14 bits per heavy atom. The molecule has 3 aromatic rings. The fourth-order valence-corrected chi connectivity index (χ4v) is 3.34. The van der Waals surface area contributed by atoms with Gasteiger partial charge in [-0.15, -0.1) is 0 Å². The van der Waals surface area contributed by atoms with Gasteiger partial charge in [0.1, 0.15) is 11.6 Å². The van der Waals surface area contributed by atoms with E-state index in [1.165, 1.54) is 18.3 Å². The predicted molar refractivity (Wildman–Crippen MR) is 101 cm³/mol. The summed E-state index contributed by atoms with van der Waals surface area (Å²) < 4.78 is 19.0. The van der Waals surface area contributed by atoms with Crippen LogP contribution in [0.3, 0.4) is 0 Å². The SMILES string of the molecule is O=C(c1ccncc1)N1CCCC(c2cncc(Oc3cccc(F)c3)n2)C1. The zero-order valence-electron chi connectivity index (χ0n) is 15.2. The van der Waals surface area contributed by atoms with Crippen LogP contribution < -0.4 is 4.74 Å². The highest BCUT2D eigenvalue weighted by Gasteiger charge is 2.26. The molecular weight excluding hydrogens is 359 g/mol. The number of aromatic nitrogens is 3. The molecule has 1 aromatic carbocycles. The third-order valence-corrected chi connectivity index (χ3v) is 4.70. The van der Waals surface area contributed by atoms with Crippen molar-refractivity contribution in [3.8, 4) is 11.6 Å². The van der Waals surface area contributed by atoms with Crippen molar-refractivity contribution in [3.05, 3.63) is 78.3 Å². The van der Waals surface area contributed by atoms with Crippen molar-refractivity contribution < 1.29 is 13.9 Å². The van der Waals surface area contributed by atoms with Gasteiger partial charge in [0, 0.05) is 49.2 Å². The lowest BCUT2D eigenvalue weighted by molar-refractivity contribution is 0.0705. The zero-order chi connectivity index (χ0) is 19.3. The molecule has 1 saturated heterocycles. The first-order valence-electron chi connectivity index (χ1n) is 9.14. The Labute approximate surface area is 162 Å². The van der Waals surface area contributed by atoms with Crippen molar-refractivity contribution in [1.29, 1.82) is 0 Å². The number of amides is 1. The maximum absolute atomic E-state index is 13.3. The number of benzene rings is 1. The number of rotatable bonds is 4. The molecule has 1 aliphatic rings. The number of piperidine rings is 1. The summed E-state index contributed by atoms with van der Waals surface area (Å²) in [5.41, 5.74) is 1.39. The van der Waals surface area contributed by atoms with Crippen LogP contribution in [0.4, 0.5) is 4.39 Å². The predicted octanol–water partition coefficient (Wildman–Crippen LogP) is 3.82. The summed E-state index contributed by atoms with van der Waals surface area (Å²) >= 11 is 0. The van der Waals surface area contributed by atoms with Crippen LogP contribution in [-0.2, 0) is 0 Å². The quantitative estimate of drug-likeness (QED) is 0.690. The van der Waals surface area contributed by atoms with E-state index in [9.17, 15) is 9.18 Å². The van der Waals surface area contributed by atoms with E-state index < -0.39 is 0 Å². The summed E-state index contributed by atoms with van der Waals surface area (Å²) in [6.45, 7) is 1.28. The summed E-state index contributed by atoms with van der Waals surface area (Å²) in [6.07, 6.45) is 8.23. The van der Waals surface area contributed by atoms with E-state index in [0.29, 0.717) is 30.3 Å². The van der Waals surface area contributed by atoms with Gasteiger partial charge < -0.3 is 9.64 Å². The number of pyridine rings is 1. The van der Waals surface area contributed by atoms with Crippen LogP contribution in [0.5, 0.6) is 11.6 Å². The molecule has 1 fully saturated rings. The van der Waals surface area contributed by atoms with Crippen LogP contribution in [0.2, 0.25) is 0 Å². The monoisotopic (exact) mass is 378 g/mol. The van der Waals surface area contributed by atoms with Gasteiger partial charge in [0.05, 0.1) is 11.9 Å². The molecule has 0 radical (unpaired) electrons. The number of carbonyl (C=O) groups is 1. The maximum Gasteiger partial charge on any atom is 0.253 e. The molecule has 7 heteroatoms. The number of ether oxygens (including phenoxy) is 1. The Hall–Kier alpha value is -3.35. The molecular formula is C21H19FN4O2. The minimum Gasteiger partial charge on any atom is -0.437 e. The zero-order valence-corrected chi connectivity index (χ0v) is 15.2. The van der Waals surface area contributed by atoms with Crippen molar-refractivity contribution in [3.63, 3.8) is 0 Å². The third-order valence-electron chi connectivity index (χ3n) is 4.70. The van der Waals surface area contributed by atoms with Crippen LogP contribution in [0.1, 0.15) is 34.8 Å². The average molecular weight is 378 g/mol. The first-order valence-corrected chi connectivity index (χ1v) is 9.14. The minimum absolute atomic E-state index is 0.00720. The van der Waals surface area contributed by atoms with Gasteiger partial charge in [-0.3, -0.25) is 14.8 Å². The van der Waals surface area contributed by atoms with E-state index in [0.717, 1.165) is 18.5 Å². The van der Waals surface area contributed by atoms with Gasteiger partial charge in [-0.1, -0.05) is 6.07 Å². The Bertz CT molecular complexity index is 967. The van der Waals surface area contributed by atoms with Crippen LogP contribution in [0.15, 0.2) is 61.2 Å². The largest absolute Gasteiger partial charge is 0.437 e. The van der Waals surface area contributed by atoms with Crippen LogP contribution in [0, 0.1) is 5.82 Å². The number of nitrogens with zero attached hydrogens (tertiary/aromatic N) is 4. The first-order chi connectivity index (χ1) is 13.7. The van der Waals surface area contributed by atoms with E-state index >= 15 is 0 Å². The first kappa shape index (κ1) is 18.0. The second-order valence-electron chi connectivity index (χ2n) is 6.67. The molecule has 2 aromatic heterocycles. The fourth-order valence-electron chi connectivity index (χ4n) is 3.34. The third kappa shape index (κ3) is 4.14. The van der Waals surface area contributed by atoms with E-state index in [2.05, 4.69) is 15.0 Å². The van der Waals surface area contributed by atoms with Crippen molar-refractivity contribution in [2.24, 2.45) is 0 Å². The topological polar surface area (TPSA) is 68.2 Å². The summed E-state index contributed by atoms with van der Waals surface area (Å²) in [5, 5.41) is 0. The molecule has 1 aliphatic heterocycles. The number of hydrogen-bond donors (Lipinski definition) is 0. The lowest BCUT2D eigenvalue weighted by atomic mass is 9.94. The number of likely N-dealkylation sites (tertiary alicyclic amines) is 1. The Kier molecular flexibility index (Phi) is 5.23. The van der Waals surface area contributed by atoms with Crippen LogP contribution in [0.25, 0.3) is 0 Å². The highest BCUT2D eigenvalue weighted by Crippen LogP contribution is 2.28. The molecule has 0 aliphatic carbocycles. The van der Waals surface area contributed by atoms with E-state index in [1.54, 1.807) is 42.9 Å². The van der Waals surface area contributed by atoms with Gasteiger partial charge in [0.15, 0.2) is 0 Å². The molecule has 1 atom stereocenters. The highest BCUT2D eigenvalue weighted by molar-refractivity contribution is 5.94. The normalized spacial score (nSPS) is 16.6. The van der Waals surface area contributed by atoms with Crippen molar-refractivity contribution >= 4 is 5.91 Å². The van der Waals surface area contributed by atoms with Crippen molar-refractivity contribution in [2.75, 3.05) is 13.1 Å². The molecule has 0 saturated carbocycles. The summed E-state index contributed by atoms with van der Waals surface area (Å²) in [6, 6.07) is 9.33. The lowest BCUT2D eigenvalue weighted by Crippen LogP contribution is -2.39. The fraction of sp³-hybridized carbons (Fsp3) is 0.238. The van der Waals surface area contributed by atoms with E-state index in [4.69, 9.17) is 4.74 Å². The number of carbonyl (C=O) groups excluding carboxylic acids is 1. The van der Waals surface area contributed by atoms with Gasteiger partial charge in [0.2, 0.25) is 5.88 Å².